The molecule has 0 saturated carbocycles. The van der Waals surface area contributed by atoms with Gasteiger partial charge in [-0.05, 0) is 48.7 Å². The van der Waals surface area contributed by atoms with Crippen molar-refractivity contribution in [3.63, 3.8) is 0 Å². The summed E-state index contributed by atoms with van der Waals surface area (Å²) in [4.78, 5) is 17.4. The molecule has 2 aromatic heterocycles. The summed E-state index contributed by atoms with van der Waals surface area (Å²) in [5, 5.41) is 5.88. The molecule has 0 fully saturated rings. The fourth-order valence-electron chi connectivity index (χ4n) is 2.89. The van der Waals surface area contributed by atoms with E-state index in [9.17, 15) is 4.79 Å². The normalized spacial score (nSPS) is 11.8. The summed E-state index contributed by atoms with van der Waals surface area (Å²) in [5.74, 6) is 0. The van der Waals surface area contributed by atoms with E-state index in [1.807, 2.05) is 25.1 Å². The number of benzene rings is 2. The average molecular weight is 468 g/mol. The summed E-state index contributed by atoms with van der Waals surface area (Å²) in [6, 6.07) is 15.7. The first-order chi connectivity index (χ1) is 14.0. The van der Waals surface area contributed by atoms with E-state index in [1.54, 1.807) is 12.3 Å². The van der Waals surface area contributed by atoms with Crippen LogP contribution in [0.5, 0.6) is 0 Å². The number of aryl methyl sites for hydroxylation is 1. The van der Waals surface area contributed by atoms with Gasteiger partial charge in [0.05, 0.1) is 16.2 Å². The molecule has 7 heteroatoms. The third kappa shape index (κ3) is 4.31. The van der Waals surface area contributed by atoms with E-state index >= 15 is 0 Å². The first-order valence-corrected chi connectivity index (χ1v) is 10.7. The second-order valence-corrected chi connectivity index (χ2v) is 8.47. The van der Waals surface area contributed by atoms with Crippen LogP contribution < -0.4 is 11.1 Å². The molecule has 0 aliphatic heterocycles. The smallest absolute Gasteiger partial charge is 0.345 e. The van der Waals surface area contributed by atoms with Crippen molar-refractivity contribution >= 4 is 49.1 Å². The molecule has 0 saturated heterocycles. The van der Waals surface area contributed by atoms with Gasteiger partial charge in [0.15, 0.2) is 0 Å². The number of fused-ring (bicyclic) bond motifs is 1. The van der Waals surface area contributed by atoms with Gasteiger partial charge in [0.1, 0.15) is 5.58 Å². The van der Waals surface area contributed by atoms with E-state index in [0.717, 1.165) is 32.4 Å². The van der Waals surface area contributed by atoms with E-state index < -0.39 is 0 Å². The van der Waals surface area contributed by atoms with Crippen LogP contribution in [-0.4, -0.2) is 10.7 Å². The van der Waals surface area contributed by atoms with Crippen LogP contribution in [0.2, 0.25) is 0 Å². The first kappa shape index (κ1) is 19.5. The Balaban J connectivity index is 1.57. The van der Waals surface area contributed by atoms with Crippen molar-refractivity contribution in [3.8, 4) is 10.4 Å². The van der Waals surface area contributed by atoms with Crippen LogP contribution in [0.15, 0.2) is 73.5 Å². The van der Waals surface area contributed by atoms with Crippen LogP contribution in [0.1, 0.15) is 25.0 Å². The van der Waals surface area contributed by atoms with Crippen LogP contribution >= 0.6 is 27.3 Å². The molecule has 0 atom stereocenters. The summed E-state index contributed by atoms with van der Waals surface area (Å²) in [5.41, 5.74) is 6.84. The highest BCUT2D eigenvalue weighted by Gasteiger charge is 2.12. The van der Waals surface area contributed by atoms with Gasteiger partial charge < -0.3 is 4.42 Å². The lowest BCUT2D eigenvalue weighted by molar-refractivity contribution is 0.563. The van der Waals surface area contributed by atoms with E-state index in [1.165, 1.54) is 16.9 Å². The predicted molar refractivity (Wildman–Crippen MR) is 123 cm³/mol. The average Bonchev–Trinajstić information content (AvgIpc) is 3.20. The maximum atomic E-state index is 12.4. The minimum atomic E-state index is -0.384. The SMILES string of the molecule is CCc1ccc(/C(C)=N/Nc2ncc(-c3cc4cc(Br)ccc4oc3=O)s2)cc1. The maximum absolute atomic E-state index is 12.4. The molecule has 0 aliphatic rings. The van der Waals surface area contributed by atoms with Crippen molar-refractivity contribution in [3.05, 3.63) is 80.7 Å². The fraction of sp³-hybridized carbons (Fsp3) is 0.136. The Kier molecular flexibility index (Phi) is 5.60. The summed E-state index contributed by atoms with van der Waals surface area (Å²) < 4.78 is 6.37. The molecule has 0 bridgehead atoms. The second kappa shape index (κ2) is 8.31. The Bertz CT molecular complexity index is 1260. The van der Waals surface area contributed by atoms with Gasteiger partial charge in [0, 0.05) is 16.1 Å². The van der Waals surface area contributed by atoms with Crippen LogP contribution in [0.3, 0.4) is 0 Å². The van der Waals surface area contributed by atoms with Gasteiger partial charge >= 0.3 is 5.63 Å². The van der Waals surface area contributed by atoms with E-state index in [2.05, 4.69) is 62.6 Å². The van der Waals surface area contributed by atoms with Gasteiger partial charge in [-0.3, -0.25) is 5.43 Å². The standard InChI is InChI=1S/C22H18BrN3O2S/c1-3-14-4-6-15(7-5-14)13(2)25-26-22-24-12-20(29-22)18-11-16-10-17(23)8-9-19(16)28-21(18)27/h4-12H,3H2,1-2H3,(H,24,26)/b25-13+. The van der Waals surface area contributed by atoms with Gasteiger partial charge in [-0.15, -0.1) is 0 Å². The molecule has 0 unspecified atom stereocenters. The lowest BCUT2D eigenvalue weighted by atomic mass is 10.1. The number of halogens is 1. The molecule has 0 amide bonds. The predicted octanol–water partition coefficient (Wildman–Crippen LogP) is 6.08. The fourth-order valence-corrected chi connectivity index (χ4v) is 4.04. The second-order valence-electron chi connectivity index (χ2n) is 6.52. The summed E-state index contributed by atoms with van der Waals surface area (Å²) in [6.07, 6.45) is 2.67. The molecule has 29 heavy (non-hydrogen) atoms. The van der Waals surface area contributed by atoms with Crippen molar-refractivity contribution in [1.29, 1.82) is 0 Å². The highest BCUT2D eigenvalue weighted by Crippen LogP contribution is 2.29. The number of nitrogens with one attached hydrogen (secondary N) is 1. The minimum absolute atomic E-state index is 0.384. The molecule has 4 aromatic rings. The summed E-state index contributed by atoms with van der Waals surface area (Å²) in [7, 11) is 0. The molecule has 0 radical (unpaired) electrons. The molecule has 0 aliphatic carbocycles. The number of rotatable bonds is 5. The number of hydrogen-bond donors (Lipinski definition) is 1. The van der Waals surface area contributed by atoms with Gasteiger partial charge in [-0.1, -0.05) is 58.5 Å². The molecular weight excluding hydrogens is 450 g/mol. The van der Waals surface area contributed by atoms with Crippen molar-refractivity contribution < 1.29 is 4.42 Å². The molecule has 4 rings (SSSR count). The zero-order valence-corrected chi connectivity index (χ0v) is 18.3. The number of nitrogens with zero attached hydrogens (tertiary/aromatic N) is 2. The summed E-state index contributed by atoms with van der Waals surface area (Å²) in [6.45, 7) is 4.07. The van der Waals surface area contributed by atoms with E-state index in [4.69, 9.17) is 4.42 Å². The Morgan fingerprint density at radius 1 is 1.21 bits per heavy atom. The molecule has 1 N–H and O–H groups in total. The number of thiazole rings is 1. The minimum Gasteiger partial charge on any atom is -0.422 e. The first-order valence-electron chi connectivity index (χ1n) is 9.12. The zero-order chi connectivity index (χ0) is 20.4. The third-order valence-electron chi connectivity index (χ3n) is 4.56. The van der Waals surface area contributed by atoms with E-state index in [0.29, 0.717) is 16.3 Å². The lowest BCUT2D eigenvalue weighted by Gasteiger charge is -2.03. The molecule has 2 aromatic carbocycles. The lowest BCUT2D eigenvalue weighted by Crippen LogP contribution is -2.01. The topological polar surface area (TPSA) is 67.5 Å². The number of aromatic nitrogens is 1. The number of hydrazone groups is 1. The van der Waals surface area contributed by atoms with Crippen molar-refractivity contribution in [1.82, 2.24) is 4.98 Å². The van der Waals surface area contributed by atoms with Gasteiger partial charge in [-0.25, -0.2) is 9.78 Å². The molecule has 5 nitrogen and oxygen atoms in total. The van der Waals surface area contributed by atoms with Crippen LogP contribution in [-0.2, 0) is 6.42 Å². The zero-order valence-electron chi connectivity index (χ0n) is 15.9. The number of anilines is 1. The van der Waals surface area contributed by atoms with Crippen LogP contribution in [0, 0.1) is 0 Å². The molecule has 2 heterocycles. The highest BCUT2D eigenvalue weighted by molar-refractivity contribution is 9.10. The van der Waals surface area contributed by atoms with Crippen molar-refractivity contribution in [2.24, 2.45) is 5.10 Å². The largest absolute Gasteiger partial charge is 0.422 e. The quantitative estimate of drug-likeness (QED) is 0.219. The maximum Gasteiger partial charge on any atom is 0.345 e. The third-order valence-corrected chi connectivity index (χ3v) is 5.99. The van der Waals surface area contributed by atoms with Crippen molar-refractivity contribution in [2.75, 3.05) is 5.43 Å². The Morgan fingerprint density at radius 3 is 2.76 bits per heavy atom. The monoisotopic (exact) mass is 467 g/mol. The molecule has 146 valence electrons. The Hall–Kier alpha value is -2.77. The Labute approximate surface area is 180 Å². The van der Waals surface area contributed by atoms with Gasteiger partial charge in [0.25, 0.3) is 0 Å². The highest BCUT2D eigenvalue weighted by atomic mass is 79.9. The number of hydrogen-bond acceptors (Lipinski definition) is 6. The van der Waals surface area contributed by atoms with Crippen molar-refractivity contribution in [2.45, 2.75) is 20.3 Å². The van der Waals surface area contributed by atoms with E-state index in [-0.39, 0.29) is 5.63 Å². The molecular formula is C22H18BrN3O2S. The van der Waals surface area contributed by atoms with Crippen LogP contribution in [0.4, 0.5) is 5.13 Å². The van der Waals surface area contributed by atoms with Gasteiger partial charge in [0.2, 0.25) is 5.13 Å². The van der Waals surface area contributed by atoms with Gasteiger partial charge in [-0.2, -0.15) is 5.10 Å². The summed E-state index contributed by atoms with van der Waals surface area (Å²) >= 11 is 4.80. The molecule has 0 spiro atoms. The van der Waals surface area contributed by atoms with Crippen LogP contribution in [0.25, 0.3) is 21.4 Å². The Morgan fingerprint density at radius 2 is 2.00 bits per heavy atom.